The van der Waals surface area contributed by atoms with Gasteiger partial charge in [0, 0.05) is 16.0 Å². The van der Waals surface area contributed by atoms with E-state index in [1.54, 1.807) is 12.1 Å². The zero-order valence-electron chi connectivity index (χ0n) is 8.31. The number of rotatable bonds is 3. The summed E-state index contributed by atoms with van der Waals surface area (Å²) in [6.07, 6.45) is 0. The normalized spacial score (nSPS) is 10.8. The Bertz CT molecular complexity index is 350. The molecule has 0 radical (unpaired) electrons. The van der Waals surface area contributed by atoms with E-state index in [-0.39, 0.29) is 12.0 Å². The van der Waals surface area contributed by atoms with Crippen LogP contribution in [0.2, 0.25) is 0 Å². The lowest BCUT2D eigenvalue weighted by Crippen LogP contribution is -2.21. The van der Waals surface area contributed by atoms with Crippen LogP contribution in [0.15, 0.2) is 29.4 Å². The van der Waals surface area contributed by atoms with Crippen LogP contribution >= 0.6 is 0 Å². The molecule has 0 bridgehead atoms. The zero-order chi connectivity index (χ0) is 10.6. The summed E-state index contributed by atoms with van der Waals surface area (Å²) in [7, 11) is 0. The molecular weight excluding hydrogens is 178 g/mol. The summed E-state index contributed by atoms with van der Waals surface area (Å²) in [5.74, 6) is 0. The number of nitrogens with zero attached hydrogens (tertiary/aromatic N) is 3. The highest BCUT2D eigenvalue weighted by molar-refractivity contribution is 5.40. The van der Waals surface area contributed by atoms with Crippen molar-refractivity contribution in [1.29, 1.82) is 0 Å². The monoisotopic (exact) mass is 191 g/mol. The van der Waals surface area contributed by atoms with Crippen molar-refractivity contribution in [3.8, 4) is 0 Å². The van der Waals surface area contributed by atoms with Crippen LogP contribution in [0, 0.1) is 0 Å². The van der Waals surface area contributed by atoms with Crippen LogP contribution in [0.5, 0.6) is 0 Å². The Morgan fingerprint density at radius 3 is 2.36 bits per heavy atom. The summed E-state index contributed by atoms with van der Waals surface area (Å²) >= 11 is 0. The van der Waals surface area contributed by atoms with Crippen molar-refractivity contribution < 1.29 is 5.11 Å². The van der Waals surface area contributed by atoms with Crippen LogP contribution in [-0.2, 0) is 5.41 Å². The molecule has 1 rings (SSSR count). The van der Waals surface area contributed by atoms with E-state index in [2.05, 4.69) is 10.0 Å². The summed E-state index contributed by atoms with van der Waals surface area (Å²) in [5.41, 5.74) is 9.57. The largest absolute Gasteiger partial charge is 0.395 e. The van der Waals surface area contributed by atoms with E-state index < -0.39 is 0 Å². The van der Waals surface area contributed by atoms with Crippen LogP contribution in [0.25, 0.3) is 10.4 Å². The van der Waals surface area contributed by atoms with Gasteiger partial charge in [-0.2, -0.15) is 0 Å². The van der Waals surface area contributed by atoms with Crippen LogP contribution in [-0.4, -0.2) is 11.7 Å². The second kappa shape index (κ2) is 4.13. The van der Waals surface area contributed by atoms with E-state index in [0.29, 0.717) is 5.69 Å². The molecule has 4 nitrogen and oxygen atoms in total. The molecule has 0 spiro atoms. The topological polar surface area (TPSA) is 69.0 Å². The maximum atomic E-state index is 9.14. The van der Waals surface area contributed by atoms with Crippen molar-refractivity contribution in [3.63, 3.8) is 0 Å². The number of hydrogen-bond acceptors (Lipinski definition) is 2. The first-order chi connectivity index (χ1) is 6.60. The van der Waals surface area contributed by atoms with Gasteiger partial charge in [0.2, 0.25) is 0 Å². The average Bonchev–Trinajstić information content (AvgIpc) is 2.19. The minimum atomic E-state index is -0.255. The molecule has 0 saturated carbocycles. The fourth-order valence-electron chi connectivity index (χ4n) is 1.12. The highest BCUT2D eigenvalue weighted by Gasteiger charge is 2.18. The molecule has 0 unspecified atom stereocenters. The Kier molecular flexibility index (Phi) is 3.12. The molecule has 0 aliphatic carbocycles. The van der Waals surface area contributed by atoms with Crippen LogP contribution < -0.4 is 0 Å². The molecule has 14 heavy (non-hydrogen) atoms. The fraction of sp³-hybridized carbons (Fsp3) is 0.400. The number of benzene rings is 1. The third-order valence-electron chi connectivity index (χ3n) is 2.20. The van der Waals surface area contributed by atoms with Crippen molar-refractivity contribution in [1.82, 2.24) is 0 Å². The standard InChI is InChI=1S/C10H13N3O/c1-10(2,7-14)8-3-5-9(6-4-8)12-13-11/h3-6,14H,7H2,1-2H3. The highest BCUT2D eigenvalue weighted by Crippen LogP contribution is 2.24. The molecule has 0 heterocycles. The van der Waals surface area contributed by atoms with E-state index in [9.17, 15) is 0 Å². The molecule has 0 fully saturated rings. The lowest BCUT2D eigenvalue weighted by molar-refractivity contribution is 0.218. The summed E-state index contributed by atoms with van der Waals surface area (Å²) < 4.78 is 0. The first-order valence-corrected chi connectivity index (χ1v) is 4.36. The predicted octanol–water partition coefficient (Wildman–Crippen LogP) is 2.90. The molecule has 1 aromatic carbocycles. The quantitative estimate of drug-likeness (QED) is 0.445. The number of aliphatic hydroxyl groups excluding tert-OH is 1. The van der Waals surface area contributed by atoms with Crippen LogP contribution in [0.4, 0.5) is 5.69 Å². The lowest BCUT2D eigenvalue weighted by atomic mass is 9.86. The first-order valence-electron chi connectivity index (χ1n) is 4.36. The van der Waals surface area contributed by atoms with Gasteiger partial charge >= 0.3 is 0 Å². The minimum Gasteiger partial charge on any atom is -0.395 e. The van der Waals surface area contributed by atoms with E-state index >= 15 is 0 Å². The molecule has 1 N–H and O–H groups in total. The SMILES string of the molecule is CC(C)(CO)c1ccc(N=[N+]=[N-])cc1. The van der Waals surface area contributed by atoms with Crippen molar-refractivity contribution in [2.45, 2.75) is 19.3 Å². The van der Waals surface area contributed by atoms with Gasteiger partial charge in [-0.05, 0) is 11.1 Å². The van der Waals surface area contributed by atoms with Crippen molar-refractivity contribution in [2.24, 2.45) is 5.11 Å². The number of azide groups is 1. The van der Waals surface area contributed by atoms with Gasteiger partial charge in [-0.3, -0.25) is 0 Å². The Hall–Kier alpha value is -1.51. The highest BCUT2D eigenvalue weighted by atomic mass is 16.3. The summed E-state index contributed by atoms with van der Waals surface area (Å²) in [6, 6.07) is 7.21. The van der Waals surface area contributed by atoms with Gasteiger partial charge in [0.05, 0.1) is 6.61 Å². The van der Waals surface area contributed by atoms with Crippen molar-refractivity contribution in [2.75, 3.05) is 6.61 Å². The molecule has 0 aromatic heterocycles. The molecule has 0 aliphatic heterocycles. The molecule has 0 atom stereocenters. The summed E-state index contributed by atoms with van der Waals surface area (Å²) in [4.78, 5) is 2.69. The third kappa shape index (κ3) is 2.25. The van der Waals surface area contributed by atoms with Gasteiger partial charge in [0.25, 0.3) is 0 Å². The summed E-state index contributed by atoms with van der Waals surface area (Å²) in [6.45, 7) is 4.00. The fourth-order valence-corrected chi connectivity index (χ4v) is 1.12. The van der Waals surface area contributed by atoms with E-state index in [1.807, 2.05) is 26.0 Å². The van der Waals surface area contributed by atoms with Crippen molar-refractivity contribution in [3.05, 3.63) is 40.3 Å². The summed E-state index contributed by atoms with van der Waals surface area (Å²) in [5, 5.41) is 12.6. The number of aliphatic hydroxyl groups is 1. The third-order valence-corrected chi connectivity index (χ3v) is 2.20. The second-order valence-corrected chi connectivity index (χ2v) is 3.78. The number of hydrogen-bond donors (Lipinski definition) is 1. The predicted molar refractivity (Wildman–Crippen MR) is 55.4 cm³/mol. The zero-order valence-corrected chi connectivity index (χ0v) is 8.31. The molecule has 4 heteroatoms. The molecule has 1 aromatic rings. The molecule has 0 amide bonds. The molecule has 0 saturated heterocycles. The van der Waals surface area contributed by atoms with Crippen LogP contribution in [0.1, 0.15) is 19.4 Å². The Morgan fingerprint density at radius 2 is 1.93 bits per heavy atom. The second-order valence-electron chi connectivity index (χ2n) is 3.78. The van der Waals surface area contributed by atoms with Crippen LogP contribution in [0.3, 0.4) is 0 Å². The first kappa shape index (κ1) is 10.6. The van der Waals surface area contributed by atoms with Gasteiger partial charge in [-0.25, -0.2) is 0 Å². The maximum Gasteiger partial charge on any atom is 0.0522 e. The average molecular weight is 191 g/mol. The van der Waals surface area contributed by atoms with Gasteiger partial charge in [-0.1, -0.05) is 43.2 Å². The Balaban J connectivity index is 2.99. The molecular formula is C10H13N3O. The lowest BCUT2D eigenvalue weighted by Gasteiger charge is -2.22. The van der Waals surface area contributed by atoms with E-state index in [1.165, 1.54) is 0 Å². The van der Waals surface area contributed by atoms with Gasteiger partial charge in [0.1, 0.15) is 0 Å². The van der Waals surface area contributed by atoms with E-state index in [0.717, 1.165) is 5.56 Å². The van der Waals surface area contributed by atoms with Gasteiger partial charge in [0.15, 0.2) is 0 Å². The Morgan fingerprint density at radius 1 is 1.36 bits per heavy atom. The Labute approximate surface area is 82.8 Å². The van der Waals surface area contributed by atoms with Crippen molar-refractivity contribution >= 4 is 5.69 Å². The molecule has 0 aliphatic rings. The molecule has 74 valence electrons. The maximum absolute atomic E-state index is 9.14. The van der Waals surface area contributed by atoms with Gasteiger partial charge in [-0.15, -0.1) is 0 Å². The smallest absolute Gasteiger partial charge is 0.0522 e. The van der Waals surface area contributed by atoms with Gasteiger partial charge < -0.3 is 5.11 Å². The minimum absolute atomic E-state index is 0.0911. The van der Waals surface area contributed by atoms with E-state index in [4.69, 9.17) is 10.6 Å².